The number of phenolic OH excluding ortho intramolecular Hbond substituents is 1. The van der Waals surface area contributed by atoms with E-state index in [0.29, 0.717) is 10.9 Å². The average Bonchev–Trinajstić information content (AvgIpc) is 2.18. The zero-order chi connectivity index (χ0) is 11.4. The summed E-state index contributed by atoms with van der Waals surface area (Å²) in [5.74, 6) is 5.60. The lowest BCUT2D eigenvalue weighted by molar-refractivity contribution is 0.101. The third-order valence-corrected chi connectivity index (χ3v) is 2.29. The van der Waals surface area contributed by atoms with Gasteiger partial charge in [0.15, 0.2) is 5.78 Å². The Bertz CT molecular complexity index is 453. The van der Waals surface area contributed by atoms with E-state index >= 15 is 0 Å². The molecule has 2 nitrogen and oxygen atoms in total. The van der Waals surface area contributed by atoms with Crippen LogP contribution in [-0.2, 0) is 0 Å². The molecule has 1 aromatic carbocycles. The second-order valence-electron chi connectivity index (χ2n) is 3.18. The Labute approximate surface area is 97.4 Å². The van der Waals surface area contributed by atoms with E-state index in [4.69, 9.17) is 0 Å². The minimum atomic E-state index is -0.143. The number of halogens is 1. The molecular weight excluding hydrogens is 256 g/mol. The highest BCUT2D eigenvalue weighted by atomic mass is 79.9. The van der Waals surface area contributed by atoms with Crippen LogP contribution in [0.15, 0.2) is 12.1 Å². The van der Waals surface area contributed by atoms with E-state index in [0.717, 1.165) is 11.1 Å². The molecule has 0 aliphatic rings. The Hall–Kier alpha value is -1.27. The summed E-state index contributed by atoms with van der Waals surface area (Å²) in [5, 5.41) is 10.2. The molecule has 0 radical (unpaired) electrons. The van der Waals surface area contributed by atoms with Crippen molar-refractivity contribution in [2.75, 3.05) is 5.33 Å². The minimum Gasteiger partial charge on any atom is -0.507 e. The largest absolute Gasteiger partial charge is 0.507 e. The van der Waals surface area contributed by atoms with Crippen molar-refractivity contribution in [1.29, 1.82) is 0 Å². The first-order valence-electron chi connectivity index (χ1n) is 4.45. The van der Waals surface area contributed by atoms with Crippen molar-refractivity contribution in [3.05, 3.63) is 28.8 Å². The van der Waals surface area contributed by atoms with Gasteiger partial charge in [-0.2, -0.15) is 0 Å². The van der Waals surface area contributed by atoms with Gasteiger partial charge in [-0.25, -0.2) is 0 Å². The fourth-order valence-electron chi connectivity index (χ4n) is 1.24. The molecule has 0 aliphatic heterocycles. The Balaban J connectivity index is 3.25. The van der Waals surface area contributed by atoms with Crippen molar-refractivity contribution >= 4 is 21.7 Å². The molecule has 0 heterocycles. The van der Waals surface area contributed by atoms with Crippen molar-refractivity contribution in [1.82, 2.24) is 0 Å². The number of hydrogen-bond donors (Lipinski definition) is 1. The van der Waals surface area contributed by atoms with Crippen LogP contribution in [0.25, 0.3) is 0 Å². The normalized spacial score (nSPS) is 9.27. The molecule has 0 aromatic heterocycles. The third-order valence-electron chi connectivity index (χ3n) is 2.01. The number of carbonyl (C=O) groups is 1. The van der Waals surface area contributed by atoms with Crippen molar-refractivity contribution < 1.29 is 9.90 Å². The molecule has 0 bridgehead atoms. The number of rotatable bonds is 1. The summed E-state index contributed by atoms with van der Waals surface area (Å²) >= 11 is 3.20. The molecule has 1 N–H and O–H groups in total. The van der Waals surface area contributed by atoms with Crippen molar-refractivity contribution in [2.24, 2.45) is 0 Å². The number of phenols is 1. The lowest BCUT2D eigenvalue weighted by Gasteiger charge is -2.04. The molecule has 1 aromatic rings. The van der Waals surface area contributed by atoms with Gasteiger partial charge in [0.1, 0.15) is 5.75 Å². The molecule has 0 aliphatic carbocycles. The molecule has 0 unspecified atom stereocenters. The lowest BCUT2D eigenvalue weighted by atomic mass is 10.0. The fraction of sp³-hybridized carbons (Fsp3) is 0.250. The van der Waals surface area contributed by atoms with E-state index in [1.54, 1.807) is 6.07 Å². The fourth-order valence-corrected chi connectivity index (χ4v) is 1.38. The molecule has 0 spiro atoms. The van der Waals surface area contributed by atoms with Crippen LogP contribution in [0.2, 0.25) is 0 Å². The molecule has 78 valence electrons. The number of carbonyl (C=O) groups excluding carboxylic acids is 1. The van der Waals surface area contributed by atoms with Crippen LogP contribution in [0.5, 0.6) is 5.75 Å². The summed E-state index contributed by atoms with van der Waals surface area (Å²) in [6.45, 7) is 3.29. The number of hydrogen-bond acceptors (Lipinski definition) is 2. The van der Waals surface area contributed by atoms with Crippen LogP contribution in [0.3, 0.4) is 0 Å². The average molecular weight is 267 g/mol. The first kappa shape index (κ1) is 11.8. The van der Waals surface area contributed by atoms with Crippen LogP contribution < -0.4 is 0 Å². The third kappa shape index (κ3) is 2.84. The van der Waals surface area contributed by atoms with Gasteiger partial charge in [-0.3, -0.25) is 4.79 Å². The van der Waals surface area contributed by atoms with Gasteiger partial charge >= 0.3 is 0 Å². The zero-order valence-electron chi connectivity index (χ0n) is 8.60. The summed E-state index contributed by atoms with van der Waals surface area (Å²) in [6, 6.07) is 3.19. The van der Waals surface area contributed by atoms with Crippen molar-refractivity contribution in [3.63, 3.8) is 0 Å². The first-order valence-corrected chi connectivity index (χ1v) is 5.57. The summed E-state index contributed by atoms with van der Waals surface area (Å²) in [6.07, 6.45) is 0. The molecule has 3 heteroatoms. The topological polar surface area (TPSA) is 37.3 Å². The highest BCUT2D eigenvalue weighted by molar-refractivity contribution is 9.09. The van der Waals surface area contributed by atoms with E-state index < -0.39 is 0 Å². The smallest absolute Gasteiger partial charge is 0.163 e. The van der Waals surface area contributed by atoms with Gasteiger partial charge in [-0.05, 0) is 31.5 Å². The van der Waals surface area contributed by atoms with E-state index in [2.05, 4.69) is 27.8 Å². The maximum Gasteiger partial charge on any atom is 0.163 e. The summed E-state index contributed by atoms with van der Waals surface area (Å²) in [5.41, 5.74) is 1.99. The highest BCUT2D eigenvalue weighted by Gasteiger charge is 2.08. The quantitative estimate of drug-likeness (QED) is 0.482. The molecule has 0 atom stereocenters. The lowest BCUT2D eigenvalue weighted by Crippen LogP contribution is -1.95. The number of aromatic hydroxyl groups is 1. The number of Topliss-reactive ketones (excluding diaryl/α,β-unsaturated/α-hetero) is 1. The van der Waals surface area contributed by atoms with E-state index in [1.165, 1.54) is 13.0 Å². The Morgan fingerprint density at radius 2 is 2.20 bits per heavy atom. The van der Waals surface area contributed by atoms with Crippen LogP contribution in [0.4, 0.5) is 0 Å². The molecule has 1 rings (SSSR count). The van der Waals surface area contributed by atoms with Gasteiger partial charge in [-0.1, -0.05) is 27.8 Å². The van der Waals surface area contributed by atoms with Crippen LogP contribution in [0, 0.1) is 18.8 Å². The van der Waals surface area contributed by atoms with E-state index in [-0.39, 0.29) is 11.5 Å². The standard InChI is InChI=1S/C12H11BrO2/c1-8-6-11(9(2)14)12(15)7-10(8)4-3-5-13/h6-7,15H,5H2,1-2H3. The molecule has 0 saturated heterocycles. The maximum absolute atomic E-state index is 11.1. The Morgan fingerprint density at radius 3 is 2.73 bits per heavy atom. The second kappa shape index (κ2) is 4.99. The van der Waals surface area contributed by atoms with Crippen LogP contribution in [-0.4, -0.2) is 16.2 Å². The Morgan fingerprint density at radius 1 is 1.53 bits per heavy atom. The first-order chi connectivity index (χ1) is 7.06. The second-order valence-corrected chi connectivity index (χ2v) is 3.74. The van der Waals surface area contributed by atoms with E-state index in [1.807, 2.05) is 6.92 Å². The predicted octanol–water partition coefficient (Wildman–Crippen LogP) is 2.65. The van der Waals surface area contributed by atoms with Gasteiger partial charge in [0.2, 0.25) is 0 Å². The van der Waals surface area contributed by atoms with Gasteiger partial charge in [0.05, 0.1) is 10.9 Å². The number of aryl methyl sites for hydroxylation is 1. The van der Waals surface area contributed by atoms with E-state index in [9.17, 15) is 9.90 Å². The van der Waals surface area contributed by atoms with Gasteiger partial charge < -0.3 is 5.11 Å². The van der Waals surface area contributed by atoms with Crippen LogP contribution >= 0.6 is 15.9 Å². The van der Waals surface area contributed by atoms with Gasteiger partial charge in [0, 0.05) is 5.56 Å². The van der Waals surface area contributed by atoms with Crippen molar-refractivity contribution in [3.8, 4) is 17.6 Å². The number of benzene rings is 1. The molecule has 0 saturated carbocycles. The molecule has 15 heavy (non-hydrogen) atoms. The minimum absolute atomic E-state index is 0.00743. The predicted molar refractivity (Wildman–Crippen MR) is 63.5 cm³/mol. The Kier molecular flexibility index (Phi) is 3.93. The monoisotopic (exact) mass is 266 g/mol. The van der Waals surface area contributed by atoms with Crippen molar-refractivity contribution in [2.45, 2.75) is 13.8 Å². The summed E-state index contributed by atoms with van der Waals surface area (Å²) in [4.78, 5) is 11.1. The van der Waals surface area contributed by atoms with Gasteiger partial charge in [-0.15, -0.1) is 0 Å². The SMILES string of the molecule is CC(=O)c1cc(C)c(C#CCBr)cc1O. The number of ketones is 1. The zero-order valence-corrected chi connectivity index (χ0v) is 10.2. The van der Waals surface area contributed by atoms with Gasteiger partial charge in [0.25, 0.3) is 0 Å². The molecule has 0 fully saturated rings. The molecule has 0 amide bonds. The number of alkyl halides is 1. The summed E-state index contributed by atoms with van der Waals surface area (Å²) in [7, 11) is 0. The highest BCUT2D eigenvalue weighted by Crippen LogP contribution is 2.22. The summed E-state index contributed by atoms with van der Waals surface area (Å²) < 4.78 is 0. The molecular formula is C12H11BrO2. The van der Waals surface area contributed by atoms with Crippen LogP contribution in [0.1, 0.15) is 28.4 Å². The maximum atomic E-state index is 11.1.